The number of carboxylic acid groups (broad SMARTS) is 1. The first-order valence-corrected chi connectivity index (χ1v) is 5.03. The highest BCUT2D eigenvalue weighted by Gasteiger charge is 2.19. The van der Waals surface area contributed by atoms with E-state index in [-0.39, 0.29) is 12.6 Å². The number of methoxy groups -OCH3 is 1. The van der Waals surface area contributed by atoms with E-state index in [2.05, 4.69) is 10.3 Å². The monoisotopic (exact) mass is 224 g/mol. The fourth-order valence-electron chi connectivity index (χ4n) is 1.41. The van der Waals surface area contributed by atoms with Gasteiger partial charge >= 0.3 is 5.97 Å². The summed E-state index contributed by atoms with van der Waals surface area (Å²) in [5.41, 5.74) is 0.998. The summed E-state index contributed by atoms with van der Waals surface area (Å²) in [7, 11) is 1.48. The molecule has 0 aliphatic rings. The van der Waals surface area contributed by atoms with Crippen LogP contribution in [0.3, 0.4) is 0 Å². The van der Waals surface area contributed by atoms with Gasteiger partial charge in [0, 0.05) is 25.5 Å². The smallest absolute Gasteiger partial charge is 0.323 e. The lowest BCUT2D eigenvalue weighted by molar-refractivity contribution is -0.141. The third-order valence-electron chi connectivity index (χ3n) is 2.29. The normalized spacial score (nSPS) is 14.4. The number of nitrogens with one attached hydrogen (secondary N) is 1. The molecular weight excluding hydrogens is 208 g/mol. The lowest BCUT2D eigenvalue weighted by atomic mass is 10.1. The molecule has 0 amide bonds. The Morgan fingerprint density at radius 1 is 1.56 bits per heavy atom. The van der Waals surface area contributed by atoms with Crippen molar-refractivity contribution in [3.8, 4) is 0 Å². The van der Waals surface area contributed by atoms with Crippen LogP contribution in [0.25, 0.3) is 0 Å². The van der Waals surface area contributed by atoms with Crippen LogP contribution in [0.15, 0.2) is 24.5 Å². The van der Waals surface area contributed by atoms with Gasteiger partial charge in [0.05, 0.1) is 6.61 Å². The second-order valence-corrected chi connectivity index (χ2v) is 3.52. The first-order valence-electron chi connectivity index (χ1n) is 5.03. The van der Waals surface area contributed by atoms with Crippen molar-refractivity contribution in [1.29, 1.82) is 0 Å². The zero-order valence-corrected chi connectivity index (χ0v) is 9.38. The van der Waals surface area contributed by atoms with Crippen molar-refractivity contribution in [3.05, 3.63) is 30.1 Å². The SMILES string of the molecule is COCC(N[C@@H](C)c1ccncc1)C(=O)O. The molecule has 0 fully saturated rings. The Balaban J connectivity index is 2.61. The van der Waals surface area contributed by atoms with Gasteiger partial charge in [0.1, 0.15) is 6.04 Å². The lowest BCUT2D eigenvalue weighted by Gasteiger charge is -2.19. The highest BCUT2D eigenvalue weighted by molar-refractivity contribution is 5.73. The predicted octanol–water partition coefficient (Wildman–Crippen LogP) is 0.832. The van der Waals surface area contributed by atoms with E-state index in [0.29, 0.717) is 0 Å². The summed E-state index contributed by atoms with van der Waals surface area (Å²) < 4.78 is 4.85. The summed E-state index contributed by atoms with van der Waals surface area (Å²) in [6.45, 7) is 2.05. The van der Waals surface area contributed by atoms with Gasteiger partial charge in [-0.3, -0.25) is 15.1 Å². The zero-order chi connectivity index (χ0) is 12.0. The number of carboxylic acids is 1. The Hall–Kier alpha value is -1.46. The molecule has 0 bridgehead atoms. The fraction of sp³-hybridized carbons (Fsp3) is 0.455. The summed E-state index contributed by atoms with van der Waals surface area (Å²) >= 11 is 0. The number of rotatable bonds is 6. The minimum atomic E-state index is -0.914. The van der Waals surface area contributed by atoms with Gasteiger partial charge in [-0.2, -0.15) is 0 Å². The van der Waals surface area contributed by atoms with E-state index in [1.165, 1.54) is 7.11 Å². The Bertz CT molecular complexity index is 329. The first-order chi connectivity index (χ1) is 7.65. The first kappa shape index (κ1) is 12.6. The van der Waals surface area contributed by atoms with Crippen molar-refractivity contribution >= 4 is 5.97 Å². The van der Waals surface area contributed by atoms with Crippen LogP contribution in [0.4, 0.5) is 0 Å². The Morgan fingerprint density at radius 3 is 2.69 bits per heavy atom. The third kappa shape index (κ3) is 3.60. The molecular formula is C11H16N2O3. The lowest BCUT2D eigenvalue weighted by Crippen LogP contribution is -2.41. The van der Waals surface area contributed by atoms with Crippen LogP contribution < -0.4 is 5.32 Å². The quantitative estimate of drug-likeness (QED) is 0.749. The van der Waals surface area contributed by atoms with Crippen molar-refractivity contribution < 1.29 is 14.6 Å². The number of hydrogen-bond donors (Lipinski definition) is 2. The minimum absolute atomic E-state index is 0.0563. The van der Waals surface area contributed by atoms with Crippen molar-refractivity contribution in [2.24, 2.45) is 0 Å². The fourth-order valence-corrected chi connectivity index (χ4v) is 1.41. The van der Waals surface area contributed by atoms with Crippen LogP contribution in [-0.4, -0.2) is 35.8 Å². The maximum absolute atomic E-state index is 10.9. The summed E-state index contributed by atoms with van der Waals surface area (Å²) in [6.07, 6.45) is 3.36. The van der Waals surface area contributed by atoms with E-state index < -0.39 is 12.0 Å². The zero-order valence-electron chi connectivity index (χ0n) is 9.38. The Labute approximate surface area is 94.5 Å². The van der Waals surface area contributed by atoms with Crippen LogP contribution in [0.2, 0.25) is 0 Å². The predicted molar refractivity (Wildman–Crippen MR) is 59.1 cm³/mol. The van der Waals surface area contributed by atoms with Gasteiger partial charge in [-0.25, -0.2) is 0 Å². The summed E-state index contributed by atoms with van der Waals surface area (Å²) in [5.74, 6) is -0.914. The maximum Gasteiger partial charge on any atom is 0.323 e. The highest BCUT2D eigenvalue weighted by atomic mass is 16.5. The molecule has 5 nitrogen and oxygen atoms in total. The van der Waals surface area contributed by atoms with Gasteiger partial charge in [-0.15, -0.1) is 0 Å². The van der Waals surface area contributed by atoms with Crippen molar-refractivity contribution in [2.45, 2.75) is 19.0 Å². The van der Waals surface area contributed by atoms with E-state index in [9.17, 15) is 4.79 Å². The largest absolute Gasteiger partial charge is 0.480 e. The van der Waals surface area contributed by atoms with Crippen LogP contribution in [0.1, 0.15) is 18.5 Å². The molecule has 0 aliphatic heterocycles. The Kier molecular flexibility index (Phi) is 4.88. The van der Waals surface area contributed by atoms with Gasteiger partial charge in [-0.05, 0) is 24.6 Å². The second kappa shape index (κ2) is 6.19. The maximum atomic E-state index is 10.9. The molecule has 0 aromatic carbocycles. The molecule has 1 aromatic rings. The number of pyridine rings is 1. The number of aliphatic carboxylic acids is 1. The van der Waals surface area contributed by atoms with Gasteiger partial charge in [0.25, 0.3) is 0 Å². The van der Waals surface area contributed by atoms with E-state index in [1.807, 2.05) is 19.1 Å². The third-order valence-corrected chi connectivity index (χ3v) is 2.29. The molecule has 0 saturated heterocycles. The van der Waals surface area contributed by atoms with E-state index >= 15 is 0 Å². The highest BCUT2D eigenvalue weighted by Crippen LogP contribution is 2.11. The average Bonchev–Trinajstić information content (AvgIpc) is 2.29. The molecule has 1 aromatic heterocycles. The number of nitrogens with zero attached hydrogens (tertiary/aromatic N) is 1. The van der Waals surface area contributed by atoms with E-state index in [0.717, 1.165) is 5.56 Å². The standard InChI is InChI=1S/C11H16N2O3/c1-8(9-3-5-12-6-4-9)13-10(7-16-2)11(14)15/h3-6,8,10,13H,7H2,1-2H3,(H,14,15)/t8-,10?/m0/s1. The molecule has 16 heavy (non-hydrogen) atoms. The molecule has 0 spiro atoms. The van der Waals surface area contributed by atoms with Gasteiger partial charge < -0.3 is 9.84 Å². The molecule has 5 heteroatoms. The molecule has 1 heterocycles. The van der Waals surface area contributed by atoms with Gasteiger partial charge in [0.2, 0.25) is 0 Å². The van der Waals surface area contributed by atoms with Crippen molar-refractivity contribution in [1.82, 2.24) is 10.3 Å². The van der Waals surface area contributed by atoms with Crippen molar-refractivity contribution in [2.75, 3.05) is 13.7 Å². The molecule has 1 unspecified atom stereocenters. The molecule has 2 atom stereocenters. The van der Waals surface area contributed by atoms with Crippen LogP contribution in [0.5, 0.6) is 0 Å². The van der Waals surface area contributed by atoms with Crippen molar-refractivity contribution in [3.63, 3.8) is 0 Å². The molecule has 0 radical (unpaired) electrons. The number of aromatic nitrogens is 1. The van der Waals surface area contributed by atoms with Crippen LogP contribution in [-0.2, 0) is 9.53 Å². The topological polar surface area (TPSA) is 71.5 Å². The van der Waals surface area contributed by atoms with Gasteiger partial charge in [0.15, 0.2) is 0 Å². The second-order valence-electron chi connectivity index (χ2n) is 3.52. The van der Waals surface area contributed by atoms with Gasteiger partial charge in [-0.1, -0.05) is 0 Å². The Morgan fingerprint density at radius 2 is 2.19 bits per heavy atom. The molecule has 2 N–H and O–H groups in total. The van der Waals surface area contributed by atoms with E-state index in [1.54, 1.807) is 12.4 Å². The van der Waals surface area contributed by atoms with Crippen LogP contribution >= 0.6 is 0 Å². The molecule has 0 saturated carbocycles. The number of ether oxygens (including phenoxy) is 1. The summed E-state index contributed by atoms with van der Waals surface area (Å²) in [5, 5.41) is 11.9. The van der Waals surface area contributed by atoms with Crippen LogP contribution in [0, 0.1) is 0 Å². The van der Waals surface area contributed by atoms with E-state index in [4.69, 9.17) is 9.84 Å². The summed E-state index contributed by atoms with van der Waals surface area (Å²) in [6, 6.07) is 2.94. The molecule has 88 valence electrons. The molecule has 1 rings (SSSR count). The minimum Gasteiger partial charge on any atom is -0.480 e. The number of carbonyl (C=O) groups is 1. The average molecular weight is 224 g/mol. The molecule has 0 aliphatic carbocycles. The number of hydrogen-bond acceptors (Lipinski definition) is 4. The summed E-state index contributed by atoms with van der Waals surface area (Å²) in [4.78, 5) is 14.8.